The lowest BCUT2D eigenvalue weighted by atomic mass is 10.1. The van der Waals surface area contributed by atoms with Crippen LogP contribution in [-0.4, -0.2) is 39.8 Å². The summed E-state index contributed by atoms with van der Waals surface area (Å²) in [5, 5.41) is 3.59. The quantitative estimate of drug-likeness (QED) is 0.478. The highest BCUT2D eigenvalue weighted by Gasteiger charge is 2.11. The smallest absolute Gasteiger partial charge is 0.336 e. The summed E-state index contributed by atoms with van der Waals surface area (Å²) in [4.78, 5) is 29.4. The maximum Gasteiger partial charge on any atom is 0.336 e. The fourth-order valence-corrected chi connectivity index (χ4v) is 2.30. The fourth-order valence-electron chi connectivity index (χ4n) is 2.30. The standard InChI is InChI=1S/C17H21N3O3/c1-18-7-4-8-19-16(21)9-12-10-17(22)23-15-11-13(20(2)3)5-6-14(12)15/h5-6,10-11H,1,4,7-9H2,2-3H3,(H,19,21). The number of aliphatic imine (C=N–C) groups is 1. The molecule has 0 unspecified atom stereocenters. The molecule has 1 amide bonds. The van der Waals surface area contributed by atoms with Crippen LogP contribution in [0.1, 0.15) is 12.0 Å². The molecular formula is C17H21N3O3. The van der Waals surface area contributed by atoms with Gasteiger partial charge in [-0.1, -0.05) is 0 Å². The van der Waals surface area contributed by atoms with E-state index >= 15 is 0 Å². The van der Waals surface area contributed by atoms with Crippen LogP contribution in [0, 0.1) is 0 Å². The molecule has 1 N–H and O–H groups in total. The second kappa shape index (κ2) is 7.58. The number of carbonyl (C=O) groups excluding carboxylic acids is 1. The number of rotatable bonds is 7. The largest absolute Gasteiger partial charge is 0.423 e. The monoisotopic (exact) mass is 315 g/mol. The zero-order valence-corrected chi connectivity index (χ0v) is 13.5. The van der Waals surface area contributed by atoms with Crippen LogP contribution in [0.5, 0.6) is 0 Å². The molecule has 1 heterocycles. The van der Waals surface area contributed by atoms with Crippen molar-refractivity contribution >= 4 is 29.3 Å². The van der Waals surface area contributed by atoms with Crippen LogP contribution in [0.3, 0.4) is 0 Å². The van der Waals surface area contributed by atoms with E-state index in [9.17, 15) is 9.59 Å². The first kappa shape index (κ1) is 16.7. The Morgan fingerprint density at radius 1 is 1.35 bits per heavy atom. The average molecular weight is 315 g/mol. The Bertz CT molecular complexity index is 765. The summed E-state index contributed by atoms with van der Waals surface area (Å²) in [5.41, 5.74) is 1.63. The molecule has 2 aromatic rings. The van der Waals surface area contributed by atoms with Gasteiger partial charge >= 0.3 is 5.63 Å². The molecule has 0 atom stereocenters. The summed E-state index contributed by atoms with van der Waals surface area (Å²) < 4.78 is 5.25. The fraction of sp³-hybridized carbons (Fsp3) is 0.353. The number of fused-ring (bicyclic) bond motifs is 1. The van der Waals surface area contributed by atoms with Gasteiger partial charge in [-0.25, -0.2) is 4.79 Å². The highest BCUT2D eigenvalue weighted by atomic mass is 16.4. The van der Waals surface area contributed by atoms with Crippen molar-refractivity contribution in [2.75, 3.05) is 32.1 Å². The third-order valence-electron chi connectivity index (χ3n) is 3.50. The first-order valence-corrected chi connectivity index (χ1v) is 7.44. The van der Waals surface area contributed by atoms with E-state index in [1.165, 1.54) is 6.07 Å². The molecule has 0 spiro atoms. The van der Waals surface area contributed by atoms with Gasteiger partial charge in [-0.05, 0) is 30.8 Å². The van der Waals surface area contributed by atoms with Crippen molar-refractivity contribution in [3.63, 3.8) is 0 Å². The minimum Gasteiger partial charge on any atom is -0.423 e. The maximum absolute atomic E-state index is 12.0. The molecule has 0 bridgehead atoms. The van der Waals surface area contributed by atoms with Crippen molar-refractivity contribution in [3.05, 3.63) is 40.2 Å². The molecule has 0 aliphatic rings. The van der Waals surface area contributed by atoms with Crippen molar-refractivity contribution in [2.45, 2.75) is 12.8 Å². The van der Waals surface area contributed by atoms with Gasteiger partial charge in [-0.2, -0.15) is 0 Å². The van der Waals surface area contributed by atoms with Crippen molar-refractivity contribution in [2.24, 2.45) is 4.99 Å². The van der Waals surface area contributed by atoms with Crippen LogP contribution >= 0.6 is 0 Å². The molecule has 2 rings (SSSR count). The van der Waals surface area contributed by atoms with Crippen molar-refractivity contribution in [1.82, 2.24) is 5.32 Å². The lowest BCUT2D eigenvalue weighted by molar-refractivity contribution is -0.120. The molecule has 23 heavy (non-hydrogen) atoms. The van der Waals surface area contributed by atoms with E-state index in [4.69, 9.17) is 4.42 Å². The molecule has 0 fully saturated rings. The summed E-state index contributed by atoms with van der Waals surface area (Å²) in [6.07, 6.45) is 0.893. The molecule has 0 saturated heterocycles. The van der Waals surface area contributed by atoms with E-state index in [-0.39, 0.29) is 12.3 Å². The van der Waals surface area contributed by atoms with Crippen LogP contribution in [-0.2, 0) is 11.2 Å². The second-order valence-corrected chi connectivity index (χ2v) is 5.49. The SMILES string of the molecule is C=NCCCNC(=O)Cc1cc(=O)oc2cc(N(C)C)ccc12. The molecule has 1 aromatic heterocycles. The van der Waals surface area contributed by atoms with Crippen molar-refractivity contribution in [3.8, 4) is 0 Å². The molecule has 6 nitrogen and oxygen atoms in total. The van der Waals surface area contributed by atoms with E-state index in [2.05, 4.69) is 17.0 Å². The van der Waals surface area contributed by atoms with Crippen LogP contribution in [0.15, 0.2) is 38.5 Å². The first-order valence-electron chi connectivity index (χ1n) is 7.44. The third-order valence-corrected chi connectivity index (χ3v) is 3.50. The molecule has 1 aromatic carbocycles. The number of nitrogens with zero attached hydrogens (tertiary/aromatic N) is 2. The van der Waals surface area contributed by atoms with Gasteiger partial charge in [-0.15, -0.1) is 0 Å². The molecule has 0 saturated carbocycles. The second-order valence-electron chi connectivity index (χ2n) is 5.49. The maximum atomic E-state index is 12.0. The van der Waals surface area contributed by atoms with E-state index in [1.807, 2.05) is 31.1 Å². The molecule has 0 aliphatic carbocycles. The van der Waals surface area contributed by atoms with Crippen LogP contribution in [0.4, 0.5) is 5.69 Å². The van der Waals surface area contributed by atoms with Crippen LogP contribution in [0.2, 0.25) is 0 Å². The Morgan fingerprint density at radius 2 is 2.13 bits per heavy atom. The van der Waals surface area contributed by atoms with Crippen LogP contribution < -0.4 is 15.8 Å². The molecule has 122 valence electrons. The summed E-state index contributed by atoms with van der Waals surface area (Å²) in [7, 11) is 3.82. The Kier molecular flexibility index (Phi) is 5.51. The minimum atomic E-state index is -0.452. The van der Waals surface area contributed by atoms with Gasteiger partial charge in [0.15, 0.2) is 0 Å². The van der Waals surface area contributed by atoms with Gasteiger partial charge in [0.05, 0.1) is 6.42 Å². The Morgan fingerprint density at radius 3 is 2.83 bits per heavy atom. The number of anilines is 1. The minimum absolute atomic E-state index is 0.127. The predicted octanol–water partition coefficient (Wildman–Crippen LogP) is 1.61. The zero-order valence-electron chi connectivity index (χ0n) is 13.5. The zero-order chi connectivity index (χ0) is 16.8. The van der Waals surface area contributed by atoms with Crippen LogP contribution in [0.25, 0.3) is 11.0 Å². The van der Waals surface area contributed by atoms with Gasteiger partial charge in [0.2, 0.25) is 5.91 Å². The topological polar surface area (TPSA) is 74.9 Å². The Labute approximate surface area is 134 Å². The highest BCUT2D eigenvalue weighted by Crippen LogP contribution is 2.23. The van der Waals surface area contributed by atoms with Gasteiger partial charge < -0.3 is 19.6 Å². The molecular weight excluding hydrogens is 294 g/mol. The van der Waals surface area contributed by atoms with Gasteiger partial charge in [0, 0.05) is 50.4 Å². The van der Waals surface area contributed by atoms with E-state index in [1.54, 1.807) is 6.07 Å². The molecule has 0 radical (unpaired) electrons. The summed E-state index contributed by atoms with van der Waals surface area (Å²) in [5.74, 6) is -0.127. The number of benzene rings is 1. The third kappa shape index (κ3) is 4.42. The van der Waals surface area contributed by atoms with E-state index in [0.29, 0.717) is 24.2 Å². The number of amides is 1. The molecule has 0 aliphatic heterocycles. The highest BCUT2D eigenvalue weighted by molar-refractivity contribution is 5.88. The summed E-state index contributed by atoms with van der Waals surface area (Å²) in [6, 6.07) is 6.98. The Balaban J connectivity index is 2.21. The summed E-state index contributed by atoms with van der Waals surface area (Å²) >= 11 is 0. The predicted molar refractivity (Wildman–Crippen MR) is 92.6 cm³/mol. The summed E-state index contributed by atoms with van der Waals surface area (Å²) in [6.45, 7) is 4.56. The Hall–Kier alpha value is -2.63. The van der Waals surface area contributed by atoms with E-state index in [0.717, 1.165) is 17.5 Å². The average Bonchev–Trinajstić information content (AvgIpc) is 2.50. The van der Waals surface area contributed by atoms with Crippen molar-refractivity contribution in [1.29, 1.82) is 0 Å². The van der Waals surface area contributed by atoms with Gasteiger partial charge in [0.25, 0.3) is 0 Å². The number of hydrogen-bond acceptors (Lipinski definition) is 5. The van der Waals surface area contributed by atoms with Crippen molar-refractivity contribution < 1.29 is 9.21 Å². The normalized spacial score (nSPS) is 10.5. The lowest BCUT2D eigenvalue weighted by Gasteiger charge is -2.13. The number of nitrogens with one attached hydrogen (secondary N) is 1. The number of hydrogen-bond donors (Lipinski definition) is 1. The van der Waals surface area contributed by atoms with E-state index < -0.39 is 5.63 Å². The molecule has 6 heteroatoms. The first-order chi connectivity index (χ1) is 11.0. The number of carbonyl (C=O) groups is 1. The lowest BCUT2D eigenvalue weighted by Crippen LogP contribution is -2.26. The van der Waals surface area contributed by atoms with Gasteiger partial charge in [0.1, 0.15) is 5.58 Å². The van der Waals surface area contributed by atoms with Gasteiger partial charge in [-0.3, -0.25) is 4.79 Å².